The summed E-state index contributed by atoms with van der Waals surface area (Å²) >= 11 is 0. The molecule has 0 heterocycles. The molecular weight excluding hydrogens is 336 g/mol. The van der Waals surface area contributed by atoms with E-state index in [-0.39, 0.29) is 16.8 Å². The Bertz CT molecular complexity index is 795. The smallest absolute Gasteiger partial charge is 0.338 e. The van der Waals surface area contributed by atoms with Crippen LogP contribution in [0.1, 0.15) is 56.0 Å². The van der Waals surface area contributed by atoms with Gasteiger partial charge in [0.15, 0.2) is 0 Å². The van der Waals surface area contributed by atoms with Crippen LogP contribution in [-0.2, 0) is 16.1 Å². The molecule has 2 aromatic rings. The number of hydrogen-bond acceptors (Lipinski definition) is 3. The SMILES string of the molecule is CC12CCC(CC1=O)C2(C)C.O=C(OCc1ccccc1)c1ccccc1. The minimum Gasteiger partial charge on any atom is -0.457 e. The molecule has 0 aliphatic heterocycles. The Morgan fingerprint density at radius 1 is 1.00 bits per heavy atom. The van der Waals surface area contributed by atoms with E-state index in [1.807, 2.05) is 48.5 Å². The molecule has 0 radical (unpaired) electrons. The Labute approximate surface area is 161 Å². The lowest BCUT2D eigenvalue weighted by Gasteiger charge is -2.32. The zero-order chi connectivity index (χ0) is 19.5. The summed E-state index contributed by atoms with van der Waals surface area (Å²) in [5.74, 6) is 0.906. The number of carbonyl (C=O) groups is 2. The van der Waals surface area contributed by atoms with Crippen LogP contribution in [0.3, 0.4) is 0 Å². The van der Waals surface area contributed by atoms with Crippen molar-refractivity contribution in [2.24, 2.45) is 16.7 Å². The fourth-order valence-electron chi connectivity index (χ4n) is 4.28. The zero-order valence-electron chi connectivity index (χ0n) is 16.4. The summed E-state index contributed by atoms with van der Waals surface area (Å²) in [5, 5.41) is 0. The van der Waals surface area contributed by atoms with Crippen molar-refractivity contribution in [1.29, 1.82) is 0 Å². The number of carbonyl (C=O) groups excluding carboxylic acids is 2. The fraction of sp³-hybridized carbons (Fsp3) is 0.417. The normalized spacial score (nSPS) is 24.9. The summed E-state index contributed by atoms with van der Waals surface area (Å²) in [6, 6.07) is 18.6. The number of esters is 1. The topological polar surface area (TPSA) is 43.4 Å². The highest BCUT2D eigenvalue weighted by atomic mass is 16.5. The number of benzene rings is 2. The first-order valence-electron chi connectivity index (χ1n) is 9.64. The van der Waals surface area contributed by atoms with Gasteiger partial charge in [0.25, 0.3) is 0 Å². The molecule has 2 aliphatic rings. The monoisotopic (exact) mass is 364 g/mol. The number of ketones is 1. The maximum atomic E-state index is 11.6. The van der Waals surface area contributed by atoms with Crippen LogP contribution in [0.25, 0.3) is 0 Å². The van der Waals surface area contributed by atoms with E-state index < -0.39 is 0 Å². The number of Topliss-reactive ketones (excluding diaryl/α,β-unsaturated/α-hetero) is 1. The lowest BCUT2D eigenvalue weighted by atomic mass is 9.70. The van der Waals surface area contributed by atoms with Crippen molar-refractivity contribution in [2.75, 3.05) is 0 Å². The molecule has 27 heavy (non-hydrogen) atoms. The second-order valence-electron chi connectivity index (χ2n) is 8.34. The van der Waals surface area contributed by atoms with Crippen LogP contribution in [0.5, 0.6) is 0 Å². The van der Waals surface area contributed by atoms with Gasteiger partial charge in [-0.2, -0.15) is 0 Å². The number of hydrogen-bond donors (Lipinski definition) is 0. The summed E-state index contributed by atoms with van der Waals surface area (Å²) < 4.78 is 5.18. The number of ether oxygens (including phenoxy) is 1. The van der Waals surface area contributed by atoms with Crippen LogP contribution in [0.15, 0.2) is 60.7 Å². The van der Waals surface area contributed by atoms with E-state index in [9.17, 15) is 9.59 Å². The Morgan fingerprint density at radius 2 is 1.59 bits per heavy atom. The molecule has 2 unspecified atom stereocenters. The van der Waals surface area contributed by atoms with Gasteiger partial charge >= 0.3 is 5.97 Å². The van der Waals surface area contributed by atoms with Crippen molar-refractivity contribution in [1.82, 2.24) is 0 Å². The quantitative estimate of drug-likeness (QED) is 0.681. The first kappa shape index (κ1) is 19.3. The van der Waals surface area contributed by atoms with Crippen LogP contribution in [0.2, 0.25) is 0 Å². The summed E-state index contributed by atoms with van der Waals surface area (Å²) in [4.78, 5) is 23.2. The summed E-state index contributed by atoms with van der Waals surface area (Å²) in [5.41, 5.74) is 1.88. The minimum atomic E-state index is -0.288. The average molecular weight is 364 g/mol. The van der Waals surface area contributed by atoms with Gasteiger partial charge in [0.2, 0.25) is 0 Å². The lowest BCUT2D eigenvalue weighted by molar-refractivity contribution is -0.128. The molecule has 2 aromatic carbocycles. The van der Waals surface area contributed by atoms with Crippen molar-refractivity contribution in [3.8, 4) is 0 Å². The third kappa shape index (κ3) is 3.83. The third-order valence-electron chi connectivity index (χ3n) is 6.71. The van der Waals surface area contributed by atoms with Gasteiger partial charge < -0.3 is 4.74 Å². The first-order chi connectivity index (χ1) is 12.8. The molecule has 0 saturated heterocycles. The van der Waals surface area contributed by atoms with E-state index in [0.717, 1.165) is 18.4 Å². The van der Waals surface area contributed by atoms with Crippen LogP contribution in [-0.4, -0.2) is 11.8 Å². The van der Waals surface area contributed by atoms with E-state index in [4.69, 9.17) is 4.74 Å². The fourth-order valence-corrected chi connectivity index (χ4v) is 4.28. The highest BCUT2D eigenvalue weighted by Crippen LogP contribution is 2.63. The van der Waals surface area contributed by atoms with E-state index in [1.165, 1.54) is 6.42 Å². The molecule has 142 valence electrons. The van der Waals surface area contributed by atoms with Gasteiger partial charge in [-0.3, -0.25) is 4.79 Å². The summed E-state index contributed by atoms with van der Waals surface area (Å²) in [6.07, 6.45) is 3.25. The Balaban J connectivity index is 0.000000166. The first-order valence-corrected chi connectivity index (χ1v) is 9.64. The molecule has 0 amide bonds. The van der Waals surface area contributed by atoms with Gasteiger partial charge in [-0.1, -0.05) is 69.3 Å². The van der Waals surface area contributed by atoms with Gasteiger partial charge in [-0.15, -0.1) is 0 Å². The maximum absolute atomic E-state index is 11.6. The second-order valence-corrected chi connectivity index (χ2v) is 8.34. The van der Waals surface area contributed by atoms with Gasteiger partial charge in [0, 0.05) is 11.8 Å². The van der Waals surface area contributed by atoms with Crippen LogP contribution >= 0.6 is 0 Å². The molecule has 2 bridgehead atoms. The molecule has 0 N–H and O–H groups in total. The van der Waals surface area contributed by atoms with Crippen molar-refractivity contribution in [2.45, 2.75) is 46.6 Å². The van der Waals surface area contributed by atoms with E-state index >= 15 is 0 Å². The highest BCUT2D eigenvalue weighted by molar-refractivity contribution is 5.89. The number of rotatable bonds is 3. The molecule has 3 heteroatoms. The second kappa shape index (κ2) is 7.67. The highest BCUT2D eigenvalue weighted by Gasteiger charge is 2.61. The maximum Gasteiger partial charge on any atom is 0.338 e. The largest absolute Gasteiger partial charge is 0.457 e. The zero-order valence-corrected chi connectivity index (χ0v) is 16.4. The molecule has 0 spiro atoms. The van der Waals surface area contributed by atoms with E-state index in [0.29, 0.717) is 23.9 Å². The van der Waals surface area contributed by atoms with Gasteiger partial charge in [-0.25, -0.2) is 4.79 Å². The van der Waals surface area contributed by atoms with Gasteiger partial charge in [-0.05, 0) is 41.9 Å². The molecule has 4 rings (SSSR count). The van der Waals surface area contributed by atoms with Crippen molar-refractivity contribution in [3.63, 3.8) is 0 Å². The Hall–Kier alpha value is -2.42. The summed E-state index contributed by atoms with van der Waals surface area (Å²) in [7, 11) is 0. The third-order valence-corrected chi connectivity index (χ3v) is 6.71. The van der Waals surface area contributed by atoms with E-state index in [1.54, 1.807) is 12.1 Å². The predicted molar refractivity (Wildman–Crippen MR) is 106 cm³/mol. The van der Waals surface area contributed by atoms with Crippen LogP contribution in [0.4, 0.5) is 0 Å². The number of fused-ring (bicyclic) bond motifs is 2. The molecular formula is C24H28O3. The van der Waals surface area contributed by atoms with E-state index in [2.05, 4.69) is 20.8 Å². The molecule has 2 saturated carbocycles. The van der Waals surface area contributed by atoms with Crippen molar-refractivity contribution < 1.29 is 14.3 Å². The molecule has 3 nitrogen and oxygen atoms in total. The Morgan fingerprint density at radius 3 is 2.04 bits per heavy atom. The minimum absolute atomic E-state index is 0.0255. The molecule has 2 aliphatic carbocycles. The van der Waals surface area contributed by atoms with Crippen molar-refractivity contribution >= 4 is 11.8 Å². The standard InChI is InChI=1S/C14H12O2.C10H16O/c15-14(13-9-5-2-6-10-13)16-11-12-7-3-1-4-8-12;1-9(2)7-4-5-10(9,3)8(11)6-7/h1-10H,11H2;7H,4-6H2,1-3H3. The van der Waals surface area contributed by atoms with Gasteiger partial charge in [0.05, 0.1) is 5.56 Å². The van der Waals surface area contributed by atoms with Crippen molar-refractivity contribution in [3.05, 3.63) is 71.8 Å². The molecule has 2 atom stereocenters. The predicted octanol–water partition coefficient (Wildman–Crippen LogP) is 5.45. The van der Waals surface area contributed by atoms with Crippen LogP contribution < -0.4 is 0 Å². The summed E-state index contributed by atoms with van der Waals surface area (Å²) in [6.45, 7) is 6.99. The Kier molecular flexibility index (Phi) is 5.50. The molecule has 2 fully saturated rings. The van der Waals surface area contributed by atoms with Crippen LogP contribution in [0, 0.1) is 16.7 Å². The average Bonchev–Trinajstić information content (AvgIpc) is 3.01. The lowest BCUT2D eigenvalue weighted by Crippen LogP contribution is -2.32. The molecule has 0 aromatic heterocycles. The van der Waals surface area contributed by atoms with Gasteiger partial charge in [0.1, 0.15) is 12.4 Å².